The lowest BCUT2D eigenvalue weighted by Crippen LogP contribution is -2.37. The number of nitrogens with zero attached hydrogens (tertiary/aromatic N) is 1. The van der Waals surface area contributed by atoms with Gasteiger partial charge in [-0.3, -0.25) is 19.3 Å². The Morgan fingerprint density at radius 2 is 1.96 bits per heavy atom. The van der Waals surface area contributed by atoms with Crippen molar-refractivity contribution >= 4 is 46.5 Å². The molecule has 0 spiro atoms. The highest BCUT2D eigenvalue weighted by molar-refractivity contribution is 8.18. The predicted molar refractivity (Wildman–Crippen MR) is 107 cm³/mol. The number of rotatable bonds is 6. The molecule has 144 valence electrons. The van der Waals surface area contributed by atoms with Crippen LogP contribution in [0.4, 0.5) is 9.18 Å². The molecule has 1 heterocycles. The highest BCUT2D eigenvalue weighted by Gasteiger charge is 2.34. The van der Waals surface area contributed by atoms with Crippen molar-refractivity contribution in [1.29, 1.82) is 0 Å². The van der Waals surface area contributed by atoms with Crippen LogP contribution in [0.5, 0.6) is 0 Å². The van der Waals surface area contributed by atoms with Crippen LogP contribution in [0.25, 0.3) is 6.08 Å². The Labute approximate surface area is 170 Å². The molecule has 1 N–H and O–H groups in total. The molecule has 0 aliphatic carbocycles. The van der Waals surface area contributed by atoms with E-state index in [1.165, 1.54) is 18.2 Å². The van der Waals surface area contributed by atoms with E-state index < -0.39 is 17.0 Å². The fourth-order valence-electron chi connectivity index (χ4n) is 2.63. The van der Waals surface area contributed by atoms with E-state index in [0.29, 0.717) is 5.02 Å². The molecule has 2 aromatic carbocycles. The molecule has 0 unspecified atom stereocenters. The van der Waals surface area contributed by atoms with Gasteiger partial charge in [0.1, 0.15) is 5.82 Å². The molecule has 3 amide bonds. The van der Waals surface area contributed by atoms with Crippen LogP contribution in [0.2, 0.25) is 5.02 Å². The van der Waals surface area contributed by atoms with Gasteiger partial charge in [-0.1, -0.05) is 41.9 Å². The van der Waals surface area contributed by atoms with Crippen molar-refractivity contribution in [1.82, 2.24) is 10.2 Å². The van der Waals surface area contributed by atoms with Gasteiger partial charge in [-0.05, 0) is 41.6 Å². The molecule has 5 nitrogen and oxygen atoms in total. The second-order valence-electron chi connectivity index (χ2n) is 6.01. The molecule has 1 aliphatic rings. The van der Waals surface area contributed by atoms with Crippen LogP contribution in [0.3, 0.4) is 0 Å². The van der Waals surface area contributed by atoms with Crippen molar-refractivity contribution in [3.8, 4) is 0 Å². The number of imide groups is 1. The smallest absolute Gasteiger partial charge is 0.293 e. The van der Waals surface area contributed by atoms with E-state index in [0.717, 1.165) is 22.2 Å². The molecule has 3 rings (SSSR count). The maximum atomic E-state index is 13.7. The van der Waals surface area contributed by atoms with Crippen molar-refractivity contribution in [2.75, 3.05) is 13.1 Å². The van der Waals surface area contributed by atoms with Crippen LogP contribution >= 0.6 is 23.4 Å². The first-order valence-corrected chi connectivity index (χ1v) is 9.64. The first-order chi connectivity index (χ1) is 13.4. The molecule has 0 atom stereocenters. The van der Waals surface area contributed by atoms with Gasteiger partial charge in [0.2, 0.25) is 5.91 Å². The number of benzene rings is 2. The van der Waals surface area contributed by atoms with Crippen LogP contribution in [-0.4, -0.2) is 35.0 Å². The van der Waals surface area contributed by atoms with Crippen LogP contribution in [-0.2, 0) is 16.0 Å². The SMILES string of the molecule is O=C(Cc1cccc(Cl)c1)NCCN1C(=O)S/C(=C/c2ccccc2F)C1=O. The third kappa shape index (κ3) is 4.99. The van der Waals surface area contributed by atoms with Gasteiger partial charge in [-0.15, -0.1) is 0 Å². The Morgan fingerprint density at radius 1 is 1.18 bits per heavy atom. The average Bonchev–Trinajstić information content (AvgIpc) is 2.91. The molecular weight excluding hydrogens is 403 g/mol. The average molecular weight is 419 g/mol. The van der Waals surface area contributed by atoms with Gasteiger partial charge in [-0.2, -0.15) is 0 Å². The molecule has 28 heavy (non-hydrogen) atoms. The monoisotopic (exact) mass is 418 g/mol. The Balaban J connectivity index is 1.55. The lowest BCUT2D eigenvalue weighted by Gasteiger charge is -2.13. The number of hydrogen-bond acceptors (Lipinski definition) is 4. The highest BCUT2D eigenvalue weighted by Crippen LogP contribution is 2.32. The molecule has 8 heteroatoms. The number of nitrogens with one attached hydrogen (secondary N) is 1. The minimum atomic E-state index is -0.498. The number of halogens is 2. The number of hydrogen-bond donors (Lipinski definition) is 1. The third-order valence-corrected chi connectivity index (χ3v) is 5.12. The summed E-state index contributed by atoms with van der Waals surface area (Å²) in [6.07, 6.45) is 1.51. The second-order valence-corrected chi connectivity index (χ2v) is 7.44. The topological polar surface area (TPSA) is 66.5 Å². The van der Waals surface area contributed by atoms with Crippen molar-refractivity contribution in [2.45, 2.75) is 6.42 Å². The molecule has 0 saturated carbocycles. The summed E-state index contributed by atoms with van der Waals surface area (Å²) in [5.74, 6) is -1.21. The van der Waals surface area contributed by atoms with Gasteiger partial charge in [0.25, 0.3) is 11.1 Å². The van der Waals surface area contributed by atoms with Crippen LogP contribution in [0, 0.1) is 5.82 Å². The number of amides is 3. The van der Waals surface area contributed by atoms with Crippen molar-refractivity contribution in [2.24, 2.45) is 0 Å². The van der Waals surface area contributed by atoms with Gasteiger partial charge in [-0.25, -0.2) is 4.39 Å². The number of carbonyl (C=O) groups is 3. The molecule has 1 aliphatic heterocycles. The fraction of sp³-hybridized carbons (Fsp3) is 0.150. The lowest BCUT2D eigenvalue weighted by molar-refractivity contribution is -0.124. The Bertz CT molecular complexity index is 964. The van der Waals surface area contributed by atoms with Crippen LogP contribution in [0.15, 0.2) is 53.4 Å². The maximum absolute atomic E-state index is 13.7. The summed E-state index contributed by atoms with van der Waals surface area (Å²) in [7, 11) is 0. The summed E-state index contributed by atoms with van der Waals surface area (Å²) < 4.78 is 13.7. The van der Waals surface area contributed by atoms with Crippen LogP contribution in [0.1, 0.15) is 11.1 Å². The summed E-state index contributed by atoms with van der Waals surface area (Å²) in [5.41, 5.74) is 1.01. The summed E-state index contributed by atoms with van der Waals surface area (Å²) in [5, 5.41) is 2.77. The van der Waals surface area contributed by atoms with Crippen molar-refractivity contribution in [3.05, 3.63) is 75.4 Å². The van der Waals surface area contributed by atoms with Crippen molar-refractivity contribution < 1.29 is 18.8 Å². The normalized spacial score (nSPS) is 15.4. The first-order valence-electron chi connectivity index (χ1n) is 8.45. The summed E-state index contributed by atoms with van der Waals surface area (Å²) in [4.78, 5) is 37.7. The van der Waals surface area contributed by atoms with Gasteiger partial charge in [0.15, 0.2) is 0 Å². The third-order valence-electron chi connectivity index (χ3n) is 3.98. The van der Waals surface area contributed by atoms with Crippen LogP contribution < -0.4 is 5.32 Å². The van der Waals surface area contributed by atoms with Gasteiger partial charge >= 0.3 is 0 Å². The van der Waals surface area contributed by atoms with E-state index in [9.17, 15) is 18.8 Å². The van der Waals surface area contributed by atoms with Crippen molar-refractivity contribution in [3.63, 3.8) is 0 Å². The quantitative estimate of drug-likeness (QED) is 0.723. The predicted octanol–water partition coefficient (Wildman–Crippen LogP) is 3.87. The Morgan fingerprint density at radius 3 is 2.71 bits per heavy atom. The minimum Gasteiger partial charge on any atom is -0.354 e. The largest absolute Gasteiger partial charge is 0.354 e. The van der Waals surface area contributed by atoms with Gasteiger partial charge in [0, 0.05) is 23.7 Å². The van der Waals surface area contributed by atoms with E-state index in [-0.39, 0.29) is 35.9 Å². The molecule has 0 aromatic heterocycles. The fourth-order valence-corrected chi connectivity index (χ4v) is 3.70. The summed E-state index contributed by atoms with van der Waals surface area (Å²) >= 11 is 6.64. The molecule has 1 fully saturated rings. The van der Waals surface area contributed by atoms with E-state index >= 15 is 0 Å². The summed E-state index contributed by atoms with van der Waals surface area (Å²) in [6, 6.07) is 13.0. The molecular formula is C20H16ClFN2O3S. The minimum absolute atomic E-state index is 0.0422. The van der Waals surface area contributed by atoms with E-state index in [1.807, 2.05) is 0 Å². The zero-order valence-electron chi connectivity index (χ0n) is 14.7. The number of carbonyl (C=O) groups excluding carboxylic acids is 3. The zero-order valence-corrected chi connectivity index (χ0v) is 16.2. The number of thioether (sulfide) groups is 1. The highest BCUT2D eigenvalue weighted by atomic mass is 35.5. The van der Waals surface area contributed by atoms with Gasteiger partial charge in [0.05, 0.1) is 11.3 Å². The molecule has 0 radical (unpaired) electrons. The maximum Gasteiger partial charge on any atom is 0.293 e. The summed E-state index contributed by atoms with van der Waals surface area (Å²) in [6.45, 7) is 0.172. The standard InChI is InChI=1S/C20H16ClFN2O3S/c21-15-6-3-4-13(10-15)11-18(25)23-8-9-24-19(26)17(28-20(24)27)12-14-5-1-2-7-16(14)22/h1-7,10,12H,8-9,11H2,(H,23,25)/b17-12+. The first kappa shape index (κ1) is 20.1. The van der Waals surface area contributed by atoms with E-state index in [4.69, 9.17) is 11.6 Å². The molecule has 1 saturated heterocycles. The molecule has 2 aromatic rings. The zero-order chi connectivity index (χ0) is 20.1. The van der Waals surface area contributed by atoms with E-state index in [2.05, 4.69) is 5.32 Å². The Hall–Kier alpha value is -2.64. The van der Waals surface area contributed by atoms with Gasteiger partial charge < -0.3 is 5.32 Å². The molecule has 0 bridgehead atoms. The Kier molecular flexibility index (Phi) is 6.49. The lowest BCUT2D eigenvalue weighted by atomic mass is 10.1. The van der Waals surface area contributed by atoms with E-state index in [1.54, 1.807) is 36.4 Å². The second kappa shape index (κ2) is 9.03.